The molecule has 0 amide bonds. The maximum atomic E-state index is 5.94. The van der Waals surface area contributed by atoms with Crippen LogP contribution in [0.25, 0.3) is 11.0 Å². The number of nitrogen functional groups attached to an aromatic ring is 1. The molecular formula is C13H14N6. The van der Waals surface area contributed by atoms with Gasteiger partial charge in [0, 0.05) is 11.9 Å². The van der Waals surface area contributed by atoms with Crippen LogP contribution in [0, 0.1) is 13.8 Å². The molecule has 0 aliphatic carbocycles. The summed E-state index contributed by atoms with van der Waals surface area (Å²) in [6.07, 6.45) is 3.15. The zero-order valence-corrected chi connectivity index (χ0v) is 10.8. The predicted molar refractivity (Wildman–Crippen MR) is 72.5 cm³/mol. The first-order chi connectivity index (χ1) is 9.18. The summed E-state index contributed by atoms with van der Waals surface area (Å²) >= 11 is 0. The van der Waals surface area contributed by atoms with Crippen LogP contribution in [0.3, 0.4) is 0 Å². The van der Waals surface area contributed by atoms with Crippen LogP contribution in [0.2, 0.25) is 0 Å². The second-order valence-electron chi connectivity index (χ2n) is 4.47. The smallest absolute Gasteiger partial charge is 0.146 e. The number of hydrogen-bond acceptors (Lipinski definition) is 5. The molecule has 0 saturated heterocycles. The molecule has 0 atom stereocenters. The van der Waals surface area contributed by atoms with Crippen molar-refractivity contribution in [3.05, 3.63) is 41.6 Å². The SMILES string of the molecule is Cc1c(C)n(Cc2cccnn2)c2ncnc(N)c12. The maximum Gasteiger partial charge on any atom is 0.146 e. The molecule has 0 unspecified atom stereocenters. The second kappa shape index (κ2) is 4.31. The third-order valence-corrected chi connectivity index (χ3v) is 3.38. The molecule has 3 aromatic heterocycles. The van der Waals surface area contributed by atoms with E-state index in [1.54, 1.807) is 6.20 Å². The van der Waals surface area contributed by atoms with Gasteiger partial charge < -0.3 is 10.3 Å². The molecule has 0 fully saturated rings. The Kier molecular flexibility index (Phi) is 2.63. The summed E-state index contributed by atoms with van der Waals surface area (Å²) in [4.78, 5) is 8.40. The van der Waals surface area contributed by atoms with Gasteiger partial charge in [0.15, 0.2) is 0 Å². The third-order valence-electron chi connectivity index (χ3n) is 3.38. The van der Waals surface area contributed by atoms with Gasteiger partial charge in [0.05, 0.1) is 17.6 Å². The lowest BCUT2D eigenvalue weighted by Gasteiger charge is -2.06. The molecule has 2 N–H and O–H groups in total. The minimum atomic E-state index is 0.517. The topological polar surface area (TPSA) is 82.5 Å². The fourth-order valence-electron chi connectivity index (χ4n) is 2.27. The van der Waals surface area contributed by atoms with Crippen molar-refractivity contribution in [2.45, 2.75) is 20.4 Å². The number of aromatic nitrogens is 5. The van der Waals surface area contributed by atoms with Gasteiger partial charge in [0.1, 0.15) is 17.8 Å². The van der Waals surface area contributed by atoms with Crippen LogP contribution in [0.5, 0.6) is 0 Å². The Morgan fingerprint density at radius 2 is 2.11 bits per heavy atom. The van der Waals surface area contributed by atoms with Crippen molar-refractivity contribution in [3.8, 4) is 0 Å². The van der Waals surface area contributed by atoms with Crippen molar-refractivity contribution in [3.63, 3.8) is 0 Å². The highest BCUT2D eigenvalue weighted by Gasteiger charge is 2.15. The van der Waals surface area contributed by atoms with E-state index in [0.717, 1.165) is 28.0 Å². The number of fused-ring (bicyclic) bond motifs is 1. The van der Waals surface area contributed by atoms with Crippen LogP contribution in [-0.4, -0.2) is 24.7 Å². The first kappa shape index (κ1) is 11.6. The maximum absolute atomic E-state index is 5.94. The summed E-state index contributed by atoms with van der Waals surface area (Å²) < 4.78 is 2.09. The minimum absolute atomic E-state index is 0.517. The van der Waals surface area contributed by atoms with E-state index in [9.17, 15) is 0 Å². The number of aryl methyl sites for hydroxylation is 1. The van der Waals surface area contributed by atoms with Crippen LogP contribution < -0.4 is 5.73 Å². The molecule has 0 spiro atoms. The standard InChI is InChI=1S/C13H14N6/c1-8-9(2)19(6-10-4-3-5-17-18-10)13-11(8)12(14)15-7-16-13/h3-5,7H,6H2,1-2H3,(H2,14,15,16). The fourth-order valence-corrected chi connectivity index (χ4v) is 2.27. The summed E-state index contributed by atoms with van der Waals surface area (Å²) in [6, 6.07) is 3.82. The molecule has 96 valence electrons. The first-order valence-corrected chi connectivity index (χ1v) is 6.01. The van der Waals surface area contributed by atoms with Crippen LogP contribution in [0.15, 0.2) is 24.7 Å². The first-order valence-electron chi connectivity index (χ1n) is 6.01. The highest BCUT2D eigenvalue weighted by Crippen LogP contribution is 2.27. The molecule has 0 radical (unpaired) electrons. The van der Waals surface area contributed by atoms with Gasteiger partial charge in [0.2, 0.25) is 0 Å². The molecule has 3 aromatic rings. The number of rotatable bonds is 2. The lowest BCUT2D eigenvalue weighted by molar-refractivity contribution is 0.748. The van der Waals surface area contributed by atoms with Crippen LogP contribution >= 0.6 is 0 Å². The molecular weight excluding hydrogens is 240 g/mol. The van der Waals surface area contributed by atoms with Gasteiger partial charge >= 0.3 is 0 Å². The van der Waals surface area contributed by atoms with E-state index in [-0.39, 0.29) is 0 Å². The van der Waals surface area contributed by atoms with Crippen molar-refractivity contribution in [1.29, 1.82) is 0 Å². The van der Waals surface area contributed by atoms with Gasteiger partial charge in [-0.15, -0.1) is 0 Å². The minimum Gasteiger partial charge on any atom is -0.383 e. The molecule has 0 saturated carbocycles. The van der Waals surface area contributed by atoms with E-state index in [0.29, 0.717) is 12.4 Å². The number of nitrogens with zero attached hydrogens (tertiary/aromatic N) is 5. The Morgan fingerprint density at radius 3 is 2.84 bits per heavy atom. The van der Waals surface area contributed by atoms with Crippen molar-refractivity contribution in [2.75, 3.05) is 5.73 Å². The molecule has 19 heavy (non-hydrogen) atoms. The molecule has 0 bridgehead atoms. The second-order valence-corrected chi connectivity index (χ2v) is 4.47. The molecule has 3 heterocycles. The molecule has 0 aliphatic heterocycles. The monoisotopic (exact) mass is 254 g/mol. The van der Waals surface area contributed by atoms with E-state index in [4.69, 9.17) is 5.73 Å². The Hall–Kier alpha value is -2.50. The van der Waals surface area contributed by atoms with Crippen LogP contribution in [-0.2, 0) is 6.54 Å². The largest absolute Gasteiger partial charge is 0.383 e. The van der Waals surface area contributed by atoms with Crippen molar-refractivity contribution >= 4 is 16.9 Å². The van der Waals surface area contributed by atoms with E-state index in [2.05, 4.69) is 24.7 Å². The number of hydrogen-bond donors (Lipinski definition) is 1. The third kappa shape index (κ3) is 1.81. The van der Waals surface area contributed by atoms with Gasteiger partial charge in [-0.2, -0.15) is 10.2 Å². The molecule has 6 nitrogen and oxygen atoms in total. The summed E-state index contributed by atoms with van der Waals surface area (Å²) in [5, 5.41) is 8.92. The van der Waals surface area contributed by atoms with Gasteiger partial charge in [-0.25, -0.2) is 9.97 Å². The number of nitrogens with two attached hydrogens (primary N) is 1. The van der Waals surface area contributed by atoms with Crippen LogP contribution in [0.1, 0.15) is 17.0 Å². The van der Waals surface area contributed by atoms with Crippen molar-refractivity contribution in [1.82, 2.24) is 24.7 Å². The van der Waals surface area contributed by atoms with Crippen molar-refractivity contribution < 1.29 is 0 Å². The predicted octanol–water partition coefficient (Wildman–Crippen LogP) is 1.47. The van der Waals surface area contributed by atoms with Gasteiger partial charge in [0.25, 0.3) is 0 Å². The summed E-state index contributed by atoms with van der Waals surface area (Å²) in [5.74, 6) is 0.517. The summed E-state index contributed by atoms with van der Waals surface area (Å²) in [7, 11) is 0. The average molecular weight is 254 g/mol. The molecule has 3 rings (SSSR count). The zero-order valence-electron chi connectivity index (χ0n) is 10.8. The van der Waals surface area contributed by atoms with Gasteiger partial charge in [-0.05, 0) is 31.5 Å². The van der Waals surface area contributed by atoms with Gasteiger partial charge in [-0.1, -0.05) is 0 Å². The van der Waals surface area contributed by atoms with E-state index in [1.807, 2.05) is 26.0 Å². The molecule has 6 heteroatoms. The fraction of sp³-hybridized carbons (Fsp3) is 0.231. The Balaban J connectivity index is 2.19. The lowest BCUT2D eigenvalue weighted by atomic mass is 10.2. The number of anilines is 1. The van der Waals surface area contributed by atoms with E-state index >= 15 is 0 Å². The van der Waals surface area contributed by atoms with Crippen LogP contribution in [0.4, 0.5) is 5.82 Å². The highest BCUT2D eigenvalue weighted by molar-refractivity contribution is 5.90. The normalized spacial score (nSPS) is 11.1. The lowest BCUT2D eigenvalue weighted by Crippen LogP contribution is -2.05. The molecule has 0 aromatic carbocycles. The Morgan fingerprint density at radius 1 is 1.26 bits per heavy atom. The van der Waals surface area contributed by atoms with Gasteiger partial charge in [-0.3, -0.25) is 0 Å². The van der Waals surface area contributed by atoms with Crippen molar-refractivity contribution in [2.24, 2.45) is 0 Å². The van der Waals surface area contributed by atoms with E-state index in [1.165, 1.54) is 6.33 Å². The zero-order chi connectivity index (χ0) is 13.4. The Bertz CT molecular complexity index is 732. The summed E-state index contributed by atoms with van der Waals surface area (Å²) in [6.45, 7) is 4.71. The highest BCUT2D eigenvalue weighted by atomic mass is 15.1. The Labute approximate surface area is 110 Å². The average Bonchev–Trinajstić information content (AvgIpc) is 2.66. The van der Waals surface area contributed by atoms with E-state index < -0.39 is 0 Å². The summed E-state index contributed by atoms with van der Waals surface area (Å²) in [5.41, 5.74) is 9.90. The quantitative estimate of drug-likeness (QED) is 0.748. The molecule has 0 aliphatic rings.